The highest BCUT2D eigenvalue weighted by Crippen LogP contribution is 1.94. The molecule has 3 heteroatoms. The van der Waals surface area contributed by atoms with E-state index in [0.29, 0.717) is 12.0 Å². The number of aliphatic hydroxyl groups is 1. The number of rotatable bonds is 8. The molecule has 2 unspecified atom stereocenters. The Labute approximate surface area is 88.5 Å². The topological polar surface area (TPSA) is 35.5 Å². The molecule has 0 aromatic carbocycles. The van der Waals surface area contributed by atoms with Crippen molar-refractivity contribution < 1.29 is 5.11 Å². The van der Waals surface area contributed by atoms with E-state index in [0.717, 1.165) is 26.2 Å². The molecule has 0 aliphatic rings. The van der Waals surface area contributed by atoms with Crippen LogP contribution >= 0.6 is 0 Å². The first-order chi connectivity index (χ1) is 6.63. The van der Waals surface area contributed by atoms with Gasteiger partial charge in [-0.2, -0.15) is 0 Å². The number of hydrogen-bond donors (Lipinski definition) is 2. The minimum atomic E-state index is 0.269. The number of nitrogens with zero attached hydrogens (tertiary/aromatic N) is 1. The van der Waals surface area contributed by atoms with E-state index in [9.17, 15) is 0 Å². The Morgan fingerprint density at radius 3 is 2.21 bits per heavy atom. The van der Waals surface area contributed by atoms with Crippen LogP contribution in [0.4, 0.5) is 0 Å². The van der Waals surface area contributed by atoms with Crippen LogP contribution in [-0.4, -0.2) is 48.8 Å². The van der Waals surface area contributed by atoms with E-state index in [2.05, 4.69) is 37.9 Å². The zero-order chi connectivity index (χ0) is 11.0. The first kappa shape index (κ1) is 13.9. The molecule has 0 heterocycles. The van der Waals surface area contributed by atoms with Gasteiger partial charge in [0, 0.05) is 25.7 Å². The predicted molar refractivity (Wildman–Crippen MR) is 61.5 cm³/mol. The maximum Gasteiger partial charge on any atom is 0.0468 e. The molecule has 0 radical (unpaired) electrons. The van der Waals surface area contributed by atoms with Gasteiger partial charge in [-0.1, -0.05) is 20.8 Å². The van der Waals surface area contributed by atoms with Gasteiger partial charge in [0.1, 0.15) is 0 Å². The van der Waals surface area contributed by atoms with Crippen molar-refractivity contribution in [3.63, 3.8) is 0 Å². The average Bonchev–Trinajstić information content (AvgIpc) is 2.22. The molecule has 0 aliphatic heterocycles. The van der Waals surface area contributed by atoms with Crippen molar-refractivity contribution in [3.8, 4) is 0 Å². The summed E-state index contributed by atoms with van der Waals surface area (Å²) in [5.74, 6) is 0.356. The summed E-state index contributed by atoms with van der Waals surface area (Å²) in [6.45, 7) is 13.1. The van der Waals surface area contributed by atoms with Gasteiger partial charge in [0.2, 0.25) is 0 Å². The van der Waals surface area contributed by atoms with Crippen molar-refractivity contribution in [2.45, 2.75) is 33.7 Å². The maximum atomic E-state index is 8.87. The van der Waals surface area contributed by atoms with E-state index in [1.807, 2.05) is 0 Å². The Bertz CT molecular complexity index is 126. The molecule has 0 rings (SSSR count). The fourth-order valence-electron chi connectivity index (χ4n) is 1.40. The molecule has 0 fully saturated rings. The molecule has 0 saturated heterocycles. The summed E-state index contributed by atoms with van der Waals surface area (Å²) >= 11 is 0. The van der Waals surface area contributed by atoms with Crippen molar-refractivity contribution in [3.05, 3.63) is 0 Å². The van der Waals surface area contributed by atoms with Gasteiger partial charge in [0.05, 0.1) is 0 Å². The van der Waals surface area contributed by atoms with Gasteiger partial charge in [-0.15, -0.1) is 0 Å². The second-order valence-electron chi connectivity index (χ2n) is 4.08. The van der Waals surface area contributed by atoms with E-state index < -0.39 is 0 Å². The van der Waals surface area contributed by atoms with Gasteiger partial charge in [-0.3, -0.25) is 0 Å². The molecule has 0 aromatic heterocycles. The van der Waals surface area contributed by atoms with Crippen LogP contribution in [0.1, 0.15) is 27.7 Å². The SMILES string of the molecule is CCN(CC)CC(C)NCC(C)CO. The van der Waals surface area contributed by atoms with Crippen LogP contribution < -0.4 is 5.32 Å². The largest absolute Gasteiger partial charge is 0.396 e. The molecule has 3 nitrogen and oxygen atoms in total. The van der Waals surface area contributed by atoms with Crippen molar-refractivity contribution >= 4 is 0 Å². The number of nitrogens with one attached hydrogen (secondary N) is 1. The zero-order valence-corrected chi connectivity index (χ0v) is 10.1. The maximum absolute atomic E-state index is 8.87. The van der Waals surface area contributed by atoms with Crippen LogP contribution in [0.25, 0.3) is 0 Å². The summed E-state index contributed by atoms with van der Waals surface area (Å²) < 4.78 is 0. The van der Waals surface area contributed by atoms with Crippen LogP contribution in [-0.2, 0) is 0 Å². The van der Waals surface area contributed by atoms with Gasteiger partial charge in [-0.05, 0) is 25.9 Å². The Kier molecular flexibility index (Phi) is 8.14. The van der Waals surface area contributed by atoms with Crippen molar-refractivity contribution in [2.75, 3.05) is 32.8 Å². The van der Waals surface area contributed by atoms with Crippen LogP contribution in [0.3, 0.4) is 0 Å². The lowest BCUT2D eigenvalue weighted by Crippen LogP contribution is -2.41. The van der Waals surface area contributed by atoms with E-state index in [-0.39, 0.29) is 6.61 Å². The molecule has 0 aliphatic carbocycles. The number of likely N-dealkylation sites (N-methyl/N-ethyl adjacent to an activating group) is 1. The Morgan fingerprint density at radius 1 is 1.21 bits per heavy atom. The van der Waals surface area contributed by atoms with Gasteiger partial charge < -0.3 is 15.3 Å². The van der Waals surface area contributed by atoms with Crippen molar-refractivity contribution in [1.29, 1.82) is 0 Å². The first-order valence-electron chi connectivity index (χ1n) is 5.70. The molecular weight excluding hydrogens is 176 g/mol. The third-order valence-electron chi connectivity index (χ3n) is 2.55. The van der Waals surface area contributed by atoms with Gasteiger partial charge in [0.15, 0.2) is 0 Å². The fourth-order valence-corrected chi connectivity index (χ4v) is 1.40. The highest BCUT2D eigenvalue weighted by molar-refractivity contribution is 4.67. The molecule has 14 heavy (non-hydrogen) atoms. The van der Waals surface area contributed by atoms with Crippen molar-refractivity contribution in [1.82, 2.24) is 10.2 Å². The summed E-state index contributed by atoms with van der Waals surface area (Å²) in [6.07, 6.45) is 0. The van der Waals surface area contributed by atoms with E-state index in [4.69, 9.17) is 5.11 Å². The average molecular weight is 202 g/mol. The van der Waals surface area contributed by atoms with Gasteiger partial charge >= 0.3 is 0 Å². The van der Waals surface area contributed by atoms with Gasteiger partial charge in [-0.25, -0.2) is 0 Å². The number of aliphatic hydroxyl groups excluding tert-OH is 1. The minimum absolute atomic E-state index is 0.269. The molecular formula is C11H26N2O. The monoisotopic (exact) mass is 202 g/mol. The van der Waals surface area contributed by atoms with Crippen LogP contribution in [0.2, 0.25) is 0 Å². The second kappa shape index (κ2) is 8.21. The fraction of sp³-hybridized carbons (Fsp3) is 1.00. The van der Waals surface area contributed by atoms with Crippen LogP contribution in [0, 0.1) is 5.92 Å². The first-order valence-corrected chi connectivity index (χ1v) is 5.70. The third-order valence-corrected chi connectivity index (χ3v) is 2.55. The lowest BCUT2D eigenvalue weighted by atomic mass is 10.2. The minimum Gasteiger partial charge on any atom is -0.396 e. The molecule has 0 aromatic rings. The Hall–Kier alpha value is -0.120. The summed E-state index contributed by atoms with van der Waals surface area (Å²) in [5, 5.41) is 12.3. The Morgan fingerprint density at radius 2 is 1.79 bits per heavy atom. The van der Waals surface area contributed by atoms with Crippen LogP contribution in [0.5, 0.6) is 0 Å². The zero-order valence-electron chi connectivity index (χ0n) is 10.1. The molecule has 2 atom stereocenters. The summed E-state index contributed by atoms with van der Waals surface area (Å²) in [5.41, 5.74) is 0. The summed E-state index contributed by atoms with van der Waals surface area (Å²) in [7, 11) is 0. The molecule has 2 N–H and O–H groups in total. The molecule has 0 amide bonds. The molecule has 0 bridgehead atoms. The van der Waals surface area contributed by atoms with E-state index in [1.54, 1.807) is 0 Å². The van der Waals surface area contributed by atoms with E-state index >= 15 is 0 Å². The summed E-state index contributed by atoms with van der Waals surface area (Å²) in [4.78, 5) is 2.40. The highest BCUT2D eigenvalue weighted by atomic mass is 16.3. The molecule has 86 valence electrons. The molecule has 0 spiro atoms. The van der Waals surface area contributed by atoms with E-state index in [1.165, 1.54) is 0 Å². The normalized spacial score (nSPS) is 15.9. The molecule has 0 saturated carbocycles. The highest BCUT2D eigenvalue weighted by Gasteiger charge is 2.07. The smallest absolute Gasteiger partial charge is 0.0468 e. The predicted octanol–water partition coefficient (Wildman–Crippen LogP) is 0.935. The van der Waals surface area contributed by atoms with Gasteiger partial charge in [0.25, 0.3) is 0 Å². The summed E-state index contributed by atoms with van der Waals surface area (Å²) in [6, 6.07) is 0.504. The second-order valence-corrected chi connectivity index (χ2v) is 4.08. The standard InChI is InChI=1S/C11H26N2O/c1-5-13(6-2)8-11(4)12-7-10(3)9-14/h10-12,14H,5-9H2,1-4H3. The quantitative estimate of drug-likeness (QED) is 0.615. The third kappa shape index (κ3) is 6.35. The lowest BCUT2D eigenvalue weighted by Gasteiger charge is -2.24. The lowest BCUT2D eigenvalue weighted by molar-refractivity contribution is 0.221. The Balaban J connectivity index is 3.58. The van der Waals surface area contributed by atoms with Crippen LogP contribution in [0.15, 0.2) is 0 Å². The number of hydrogen-bond acceptors (Lipinski definition) is 3. The van der Waals surface area contributed by atoms with Crippen molar-refractivity contribution in [2.24, 2.45) is 5.92 Å².